The van der Waals surface area contributed by atoms with Crippen molar-refractivity contribution in [1.29, 1.82) is 0 Å². The molecule has 0 N–H and O–H groups in total. The third-order valence-corrected chi connectivity index (χ3v) is 4.65. The molecule has 0 amide bonds. The lowest BCUT2D eigenvalue weighted by Gasteiger charge is -2.47. The summed E-state index contributed by atoms with van der Waals surface area (Å²) >= 11 is 0. The number of fused-ring (bicyclic) bond motifs is 1. The standard InChI is InChI=1S/C18H21N3O6/c1-10(22)25-16-14(20-21-19)8-13-9-24-18(12-6-4-3-5-7-12)27-15(13)17(16)26-11(2)23/h3-7,13-18H,8-9H2,1-2H3/t13-,14+,15-,16+,17+,18-/m0/s1. The van der Waals surface area contributed by atoms with Crippen LogP contribution in [0.2, 0.25) is 0 Å². The van der Waals surface area contributed by atoms with Crippen molar-refractivity contribution in [2.45, 2.75) is 50.9 Å². The number of azide groups is 1. The van der Waals surface area contributed by atoms with E-state index >= 15 is 0 Å². The molecule has 0 aromatic heterocycles. The van der Waals surface area contributed by atoms with Gasteiger partial charge in [0.25, 0.3) is 0 Å². The fourth-order valence-corrected chi connectivity index (χ4v) is 3.62. The normalized spacial score (nSPS) is 32.5. The molecule has 27 heavy (non-hydrogen) atoms. The topological polar surface area (TPSA) is 120 Å². The number of rotatable bonds is 4. The van der Waals surface area contributed by atoms with Crippen molar-refractivity contribution in [2.24, 2.45) is 11.0 Å². The molecule has 9 nitrogen and oxygen atoms in total. The number of hydrogen-bond acceptors (Lipinski definition) is 7. The van der Waals surface area contributed by atoms with Gasteiger partial charge in [-0.05, 0) is 12.0 Å². The molecular formula is C18H21N3O6. The van der Waals surface area contributed by atoms with Crippen LogP contribution in [0.15, 0.2) is 35.4 Å². The zero-order valence-electron chi connectivity index (χ0n) is 15.1. The molecule has 0 spiro atoms. The van der Waals surface area contributed by atoms with Crippen molar-refractivity contribution >= 4 is 11.9 Å². The molecule has 1 saturated heterocycles. The maximum absolute atomic E-state index is 11.7. The van der Waals surface area contributed by atoms with Crippen LogP contribution in [0.25, 0.3) is 10.4 Å². The Kier molecular flexibility index (Phi) is 5.95. The summed E-state index contributed by atoms with van der Waals surface area (Å²) in [6.07, 6.45) is -2.60. The van der Waals surface area contributed by atoms with Crippen molar-refractivity contribution in [3.63, 3.8) is 0 Å². The van der Waals surface area contributed by atoms with Gasteiger partial charge in [0, 0.05) is 30.2 Å². The van der Waals surface area contributed by atoms with Crippen LogP contribution in [-0.4, -0.2) is 42.9 Å². The van der Waals surface area contributed by atoms with E-state index in [-0.39, 0.29) is 5.92 Å². The van der Waals surface area contributed by atoms with Gasteiger partial charge in [-0.15, -0.1) is 0 Å². The van der Waals surface area contributed by atoms with E-state index < -0.39 is 42.6 Å². The van der Waals surface area contributed by atoms with Gasteiger partial charge in [-0.25, -0.2) is 0 Å². The number of carbonyl (C=O) groups excluding carboxylic acids is 2. The van der Waals surface area contributed by atoms with Gasteiger partial charge in [-0.2, -0.15) is 0 Å². The SMILES string of the molecule is CC(=O)O[C@@H]1[C@H]2O[C@@H](c3ccccc3)OC[C@@H]2C[C@@H](N=[N+]=[N-])[C@H]1OC(C)=O. The van der Waals surface area contributed by atoms with E-state index in [2.05, 4.69) is 10.0 Å². The van der Waals surface area contributed by atoms with Gasteiger partial charge < -0.3 is 18.9 Å². The van der Waals surface area contributed by atoms with Crippen molar-refractivity contribution < 1.29 is 28.5 Å². The highest BCUT2D eigenvalue weighted by Gasteiger charge is 2.52. The molecule has 0 radical (unpaired) electrons. The molecule has 1 heterocycles. The molecule has 3 rings (SSSR count). The van der Waals surface area contributed by atoms with Gasteiger partial charge in [-0.3, -0.25) is 9.59 Å². The number of benzene rings is 1. The molecule has 2 fully saturated rings. The number of ether oxygens (including phenoxy) is 4. The Hall–Kier alpha value is -2.61. The van der Waals surface area contributed by atoms with Crippen molar-refractivity contribution in [2.75, 3.05) is 6.61 Å². The molecule has 1 saturated carbocycles. The van der Waals surface area contributed by atoms with Crippen molar-refractivity contribution in [1.82, 2.24) is 0 Å². The first-order chi connectivity index (χ1) is 13.0. The number of nitrogens with zero attached hydrogens (tertiary/aromatic N) is 3. The van der Waals surface area contributed by atoms with Crippen molar-refractivity contribution in [3.05, 3.63) is 46.3 Å². The third-order valence-electron chi connectivity index (χ3n) is 4.65. The Bertz CT molecular complexity index is 736. The molecule has 1 aliphatic heterocycles. The highest BCUT2D eigenvalue weighted by Crippen LogP contribution is 2.40. The van der Waals surface area contributed by atoms with E-state index in [4.69, 9.17) is 24.5 Å². The number of esters is 2. The molecule has 1 aliphatic carbocycles. The molecule has 0 unspecified atom stereocenters. The van der Waals surface area contributed by atoms with Crippen LogP contribution >= 0.6 is 0 Å². The predicted octanol–water partition coefficient (Wildman–Crippen LogP) is 2.66. The minimum atomic E-state index is -0.918. The highest BCUT2D eigenvalue weighted by molar-refractivity contribution is 5.67. The largest absolute Gasteiger partial charge is 0.458 e. The average Bonchev–Trinajstić information content (AvgIpc) is 2.64. The zero-order valence-corrected chi connectivity index (χ0v) is 15.1. The van der Waals surface area contributed by atoms with Crippen LogP contribution in [0.1, 0.15) is 32.1 Å². The van der Waals surface area contributed by atoms with Crippen LogP contribution < -0.4 is 0 Å². The number of hydrogen-bond donors (Lipinski definition) is 0. The quantitative estimate of drug-likeness (QED) is 0.345. The van der Waals surface area contributed by atoms with E-state index in [0.717, 1.165) is 5.56 Å². The smallest absolute Gasteiger partial charge is 0.303 e. The summed E-state index contributed by atoms with van der Waals surface area (Å²) in [5.74, 6) is -1.26. The Labute approximate surface area is 156 Å². The lowest BCUT2D eigenvalue weighted by molar-refractivity contribution is -0.286. The molecule has 9 heteroatoms. The van der Waals surface area contributed by atoms with Crippen LogP contribution in [0.3, 0.4) is 0 Å². The Morgan fingerprint density at radius 2 is 1.81 bits per heavy atom. The number of carbonyl (C=O) groups is 2. The molecular weight excluding hydrogens is 354 g/mol. The Balaban J connectivity index is 1.90. The van der Waals surface area contributed by atoms with E-state index in [1.54, 1.807) is 0 Å². The van der Waals surface area contributed by atoms with Crippen LogP contribution in [0.4, 0.5) is 0 Å². The van der Waals surface area contributed by atoms with E-state index in [1.807, 2.05) is 30.3 Å². The van der Waals surface area contributed by atoms with Crippen LogP contribution in [0, 0.1) is 5.92 Å². The van der Waals surface area contributed by atoms with Gasteiger partial charge in [0.1, 0.15) is 12.2 Å². The summed E-state index contributed by atoms with van der Waals surface area (Å²) in [5.41, 5.74) is 9.71. The Morgan fingerprint density at radius 3 is 2.44 bits per heavy atom. The lowest BCUT2D eigenvalue weighted by atomic mass is 9.79. The second kappa shape index (κ2) is 8.39. The molecule has 6 atom stereocenters. The molecule has 0 bridgehead atoms. The summed E-state index contributed by atoms with van der Waals surface area (Å²) in [7, 11) is 0. The van der Waals surface area contributed by atoms with Gasteiger partial charge in [-0.1, -0.05) is 35.4 Å². The molecule has 2 aliphatic rings. The average molecular weight is 375 g/mol. The zero-order chi connectivity index (χ0) is 19.4. The first kappa shape index (κ1) is 19.2. The summed E-state index contributed by atoms with van der Waals surface area (Å²) in [6, 6.07) is 8.71. The van der Waals surface area contributed by atoms with Gasteiger partial charge in [0.05, 0.1) is 12.6 Å². The lowest BCUT2D eigenvalue weighted by Crippen LogP contribution is -2.59. The Morgan fingerprint density at radius 1 is 1.15 bits per heavy atom. The van der Waals surface area contributed by atoms with E-state index in [1.165, 1.54) is 13.8 Å². The van der Waals surface area contributed by atoms with Gasteiger partial charge in [0.15, 0.2) is 12.4 Å². The maximum atomic E-state index is 11.7. The van der Waals surface area contributed by atoms with Gasteiger partial charge >= 0.3 is 11.9 Å². The monoisotopic (exact) mass is 375 g/mol. The molecule has 1 aromatic rings. The molecule has 144 valence electrons. The first-order valence-electron chi connectivity index (χ1n) is 8.70. The first-order valence-corrected chi connectivity index (χ1v) is 8.70. The summed E-state index contributed by atoms with van der Waals surface area (Å²) in [5, 5.41) is 3.74. The second-order valence-corrected chi connectivity index (χ2v) is 6.59. The third kappa shape index (κ3) is 4.39. The fourth-order valence-electron chi connectivity index (χ4n) is 3.62. The summed E-state index contributed by atoms with van der Waals surface area (Å²) < 4.78 is 22.7. The van der Waals surface area contributed by atoms with E-state index in [9.17, 15) is 9.59 Å². The van der Waals surface area contributed by atoms with E-state index in [0.29, 0.717) is 13.0 Å². The van der Waals surface area contributed by atoms with Crippen LogP contribution in [0.5, 0.6) is 0 Å². The predicted molar refractivity (Wildman–Crippen MR) is 92.2 cm³/mol. The summed E-state index contributed by atoms with van der Waals surface area (Å²) in [4.78, 5) is 26.1. The highest BCUT2D eigenvalue weighted by atomic mass is 16.7. The minimum absolute atomic E-state index is 0.170. The summed E-state index contributed by atoms with van der Waals surface area (Å²) in [6.45, 7) is 2.86. The minimum Gasteiger partial charge on any atom is -0.458 e. The van der Waals surface area contributed by atoms with Crippen molar-refractivity contribution in [3.8, 4) is 0 Å². The van der Waals surface area contributed by atoms with Gasteiger partial charge in [0.2, 0.25) is 0 Å². The van der Waals surface area contributed by atoms with Crippen LogP contribution in [-0.2, 0) is 28.5 Å². The fraction of sp³-hybridized carbons (Fsp3) is 0.556. The maximum Gasteiger partial charge on any atom is 0.303 e. The molecule has 1 aromatic carbocycles. The second-order valence-electron chi connectivity index (χ2n) is 6.59.